The van der Waals surface area contributed by atoms with E-state index in [1.807, 2.05) is 0 Å². The van der Waals surface area contributed by atoms with Crippen molar-refractivity contribution in [2.75, 3.05) is 6.54 Å². The highest BCUT2D eigenvalue weighted by atomic mass is 35.5. The average Bonchev–Trinajstić information content (AvgIpc) is 2.44. The number of carboxylic acid groups (broad SMARTS) is 1. The molecular weight excluding hydrogens is 317 g/mol. The van der Waals surface area contributed by atoms with E-state index in [0.717, 1.165) is 12.8 Å². The Kier molecular flexibility index (Phi) is 5.08. The summed E-state index contributed by atoms with van der Waals surface area (Å²) < 4.78 is 0. The zero-order valence-electron chi connectivity index (χ0n) is 11.1. The topological polar surface area (TPSA) is 77.8 Å². The standard InChI is InChI=1S/C14H15Cl2NO4/c15-9-5-8(6-10(16)7-9)12(18)13(19)17-4-2-1-3-11(17)14(20)21/h5-7,11-12,18H,1-4H2,(H,20,21). The normalized spacial score (nSPS) is 20.1. The molecule has 1 fully saturated rings. The largest absolute Gasteiger partial charge is 0.480 e. The van der Waals surface area contributed by atoms with Gasteiger partial charge in [-0.1, -0.05) is 23.2 Å². The Labute approximate surface area is 132 Å². The first-order chi connectivity index (χ1) is 9.90. The van der Waals surface area contributed by atoms with Crippen LogP contribution in [0.25, 0.3) is 0 Å². The van der Waals surface area contributed by atoms with Gasteiger partial charge >= 0.3 is 5.97 Å². The fourth-order valence-corrected chi connectivity index (χ4v) is 3.03. The number of aliphatic carboxylic acids is 1. The molecule has 5 nitrogen and oxygen atoms in total. The van der Waals surface area contributed by atoms with Gasteiger partial charge in [-0.05, 0) is 43.0 Å². The van der Waals surface area contributed by atoms with E-state index in [9.17, 15) is 19.8 Å². The highest BCUT2D eigenvalue weighted by molar-refractivity contribution is 6.34. The summed E-state index contributed by atoms with van der Waals surface area (Å²) in [4.78, 5) is 24.8. The second-order valence-electron chi connectivity index (χ2n) is 4.99. The third-order valence-corrected chi connectivity index (χ3v) is 3.94. The van der Waals surface area contributed by atoms with Crippen molar-refractivity contribution in [2.24, 2.45) is 0 Å². The minimum absolute atomic E-state index is 0.257. The van der Waals surface area contributed by atoms with Gasteiger partial charge in [-0.2, -0.15) is 0 Å². The molecule has 1 saturated heterocycles. The van der Waals surface area contributed by atoms with Crippen LogP contribution in [-0.2, 0) is 9.59 Å². The summed E-state index contributed by atoms with van der Waals surface area (Å²) in [6.07, 6.45) is 0.392. The van der Waals surface area contributed by atoms with Crippen molar-refractivity contribution in [1.82, 2.24) is 4.90 Å². The summed E-state index contributed by atoms with van der Waals surface area (Å²) in [5.41, 5.74) is 0.257. The van der Waals surface area contributed by atoms with Gasteiger partial charge < -0.3 is 15.1 Å². The number of benzene rings is 1. The third-order valence-electron chi connectivity index (χ3n) is 3.51. The molecule has 1 amide bonds. The van der Waals surface area contributed by atoms with Crippen LogP contribution in [0, 0.1) is 0 Å². The van der Waals surface area contributed by atoms with E-state index >= 15 is 0 Å². The second kappa shape index (κ2) is 6.64. The number of hydrogen-bond acceptors (Lipinski definition) is 3. The Bertz CT molecular complexity index is 544. The minimum Gasteiger partial charge on any atom is -0.480 e. The van der Waals surface area contributed by atoms with E-state index in [2.05, 4.69) is 0 Å². The first kappa shape index (κ1) is 16.1. The number of aliphatic hydroxyl groups is 1. The van der Waals surface area contributed by atoms with Crippen LogP contribution in [0.5, 0.6) is 0 Å². The summed E-state index contributed by atoms with van der Waals surface area (Å²) in [5, 5.41) is 20.0. The summed E-state index contributed by atoms with van der Waals surface area (Å²) in [6.45, 7) is 0.321. The van der Waals surface area contributed by atoms with Crippen molar-refractivity contribution >= 4 is 35.1 Å². The van der Waals surface area contributed by atoms with E-state index in [4.69, 9.17) is 23.2 Å². The van der Waals surface area contributed by atoms with E-state index in [-0.39, 0.29) is 5.56 Å². The molecule has 1 aromatic rings. The minimum atomic E-state index is -1.47. The Morgan fingerprint density at radius 2 is 1.81 bits per heavy atom. The first-order valence-corrected chi connectivity index (χ1v) is 7.33. The Balaban J connectivity index is 2.23. The Morgan fingerprint density at radius 3 is 2.38 bits per heavy atom. The van der Waals surface area contributed by atoms with Gasteiger partial charge in [0, 0.05) is 16.6 Å². The molecule has 0 radical (unpaired) electrons. The molecule has 1 aliphatic heterocycles. The fourth-order valence-electron chi connectivity index (χ4n) is 2.48. The molecule has 2 N–H and O–H groups in total. The first-order valence-electron chi connectivity index (χ1n) is 6.57. The molecule has 1 aromatic carbocycles. The van der Waals surface area contributed by atoms with Crippen molar-refractivity contribution in [3.63, 3.8) is 0 Å². The lowest BCUT2D eigenvalue weighted by Crippen LogP contribution is -2.49. The number of carbonyl (C=O) groups excluding carboxylic acids is 1. The van der Waals surface area contributed by atoms with Crippen molar-refractivity contribution in [3.8, 4) is 0 Å². The number of rotatable bonds is 3. The zero-order valence-corrected chi connectivity index (χ0v) is 12.6. The summed E-state index contributed by atoms with van der Waals surface area (Å²) in [5.74, 6) is -1.69. The zero-order chi connectivity index (χ0) is 15.6. The highest BCUT2D eigenvalue weighted by Gasteiger charge is 2.35. The lowest BCUT2D eigenvalue weighted by molar-refractivity contribution is -0.156. The summed E-state index contributed by atoms with van der Waals surface area (Å²) >= 11 is 11.7. The number of halogens is 2. The molecule has 114 valence electrons. The number of likely N-dealkylation sites (tertiary alicyclic amines) is 1. The van der Waals surface area contributed by atoms with E-state index in [1.165, 1.54) is 23.1 Å². The number of nitrogens with zero attached hydrogens (tertiary/aromatic N) is 1. The smallest absolute Gasteiger partial charge is 0.326 e. The number of carbonyl (C=O) groups is 2. The highest BCUT2D eigenvalue weighted by Crippen LogP contribution is 2.27. The Morgan fingerprint density at radius 1 is 1.19 bits per heavy atom. The maximum absolute atomic E-state index is 12.4. The van der Waals surface area contributed by atoms with Gasteiger partial charge in [-0.25, -0.2) is 4.79 Å². The van der Waals surface area contributed by atoms with Crippen LogP contribution >= 0.6 is 23.2 Å². The van der Waals surface area contributed by atoms with E-state index in [1.54, 1.807) is 0 Å². The predicted octanol–water partition coefficient (Wildman–Crippen LogP) is 2.49. The quantitative estimate of drug-likeness (QED) is 0.891. The molecule has 0 aliphatic carbocycles. The van der Waals surface area contributed by atoms with Gasteiger partial charge in [0.25, 0.3) is 5.91 Å². The van der Waals surface area contributed by atoms with Gasteiger partial charge in [-0.3, -0.25) is 4.79 Å². The molecule has 1 heterocycles. The maximum Gasteiger partial charge on any atom is 0.326 e. The Hall–Kier alpha value is -1.30. The van der Waals surface area contributed by atoms with Crippen molar-refractivity contribution in [3.05, 3.63) is 33.8 Å². The molecule has 0 aromatic heterocycles. The van der Waals surface area contributed by atoms with Crippen molar-refractivity contribution in [2.45, 2.75) is 31.4 Å². The monoisotopic (exact) mass is 331 g/mol. The number of hydrogen-bond donors (Lipinski definition) is 2. The molecule has 7 heteroatoms. The number of carboxylic acids is 1. The maximum atomic E-state index is 12.4. The molecule has 2 atom stereocenters. The molecule has 21 heavy (non-hydrogen) atoms. The summed E-state index contributed by atoms with van der Waals surface area (Å²) in [6, 6.07) is 3.48. The average molecular weight is 332 g/mol. The van der Waals surface area contributed by atoms with Crippen LogP contribution in [0.15, 0.2) is 18.2 Å². The lowest BCUT2D eigenvalue weighted by Gasteiger charge is -2.34. The van der Waals surface area contributed by atoms with Gasteiger partial charge in [0.2, 0.25) is 0 Å². The van der Waals surface area contributed by atoms with E-state index < -0.39 is 24.0 Å². The van der Waals surface area contributed by atoms with Crippen LogP contribution < -0.4 is 0 Å². The van der Waals surface area contributed by atoms with Crippen LogP contribution in [0.3, 0.4) is 0 Å². The molecular formula is C14H15Cl2NO4. The molecule has 2 rings (SSSR count). The van der Waals surface area contributed by atoms with Crippen LogP contribution in [0.4, 0.5) is 0 Å². The van der Waals surface area contributed by atoms with Gasteiger partial charge in [0.05, 0.1) is 0 Å². The number of piperidine rings is 1. The second-order valence-corrected chi connectivity index (χ2v) is 5.86. The molecule has 2 unspecified atom stereocenters. The van der Waals surface area contributed by atoms with Crippen molar-refractivity contribution in [1.29, 1.82) is 0 Å². The van der Waals surface area contributed by atoms with Crippen LogP contribution in [-0.4, -0.2) is 39.6 Å². The SMILES string of the molecule is O=C(O)C1CCCCN1C(=O)C(O)c1cc(Cl)cc(Cl)c1. The summed E-state index contributed by atoms with van der Waals surface area (Å²) in [7, 11) is 0. The number of aliphatic hydroxyl groups excluding tert-OH is 1. The van der Waals surface area contributed by atoms with Gasteiger partial charge in [0.1, 0.15) is 6.04 Å². The van der Waals surface area contributed by atoms with Crippen molar-refractivity contribution < 1.29 is 19.8 Å². The molecule has 0 saturated carbocycles. The third kappa shape index (κ3) is 3.67. The molecule has 0 bridgehead atoms. The van der Waals surface area contributed by atoms with E-state index in [0.29, 0.717) is 23.0 Å². The van der Waals surface area contributed by atoms with Crippen LogP contribution in [0.2, 0.25) is 10.0 Å². The predicted molar refractivity (Wildman–Crippen MR) is 78.4 cm³/mol. The number of amides is 1. The van der Waals surface area contributed by atoms with Gasteiger partial charge in [0.15, 0.2) is 6.10 Å². The fraction of sp³-hybridized carbons (Fsp3) is 0.429. The van der Waals surface area contributed by atoms with Crippen LogP contribution in [0.1, 0.15) is 30.9 Å². The van der Waals surface area contributed by atoms with Gasteiger partial charge in [-0.15, -0.1) is 0 Å². The molecule has 1 aliphatic rings. The molecule has 0 spiro atoms. The lowest BCUT2D eigenvalue weighted by atomic mass is 10.00.